The number of halogens is 1. The Balaban J connectivity index is 1.72. The first-order valence-corrected chi connectivity index (χ1v) is 9.63. The van der Waals surface area contributed by atoms with Crippen molar-refractivity contribution in [1.82, 2.24) is 9.47 Å². The van der Waals surface area contributed by atoms with Crippen molar-refractivity contribution < 1.29 is 9.18 Å². The molecule has 1 saturated heterocycles. The molecule has 4 rings (SSSR count). The fraction of sp³-hybridized carbons (Fsp3) is 0.350. The molecular formula is C20H21FN2OS. The van der Waals surface area contributed by atoms with Crippen LogP contribution >= 0.6 is 11.3 Å². The number of piperidine rings is 1. The first kappa shape index (κ1) is 16.3. The third-order valence-electron chi connectivity index (χ3n) is 5.06. The molecule has 0 N–H and O–H groups in total. The molecule has 1 atom stereocenters. The number of hydrogen-bond donors (Lipinski definition) is 0. The van der Waals surface area contributed by atoms with Gasteiger partial charge >= 0.3 is 0 Å². The molecule has 0 bridgehead atoms. The molecule has 1 aliphatic rings. The summed E-state index contributed by atoms with van der Waals surface area (Å²) in [6.45, 7) is 3.53. The molecular weight excluding hydrogens is 335 g/mol. The molecule has 0 unspecified atom stereocenters. The number of carbonyl (C=O) groups is 1. The maximum absolute atomic E-state index is 13.2. The van der Waals surface area contributed by atoms with Crippen molar-refractivity contribution >= 4 is 27.5 Å². The number of hydrogen-bond acceptors (Lipinski definition) is 2. The van der Waals surface area contributed by atoms with Crippen LogP contribution in [-0.4, -0.2) is 28.0 Å². The van der Waals surface area contributed by atoms with Crippen LogP contribution in [0, 0.1) is 5.82 Å². The van der Waals surface area contributed by atoms with Gasteiger partial charge in [-0.15, -0.1) is 11.3 Å². The van der Waals surface area contributed by atoms with Gasteiger partial charge in [0, 0.05) is 19.1 Å². The summed E-state index contributed by atoms with van der Waals surface area (Å²) in [6.07, 6.45) is 3.33. The van der Waals surface area contributed by atoms with Crippen molar-refractivity contribution in [2.24, 2.45) is 0 Å². The molecule has 3 nitrogen and oxygen atoms in total. The zero-order chi connectivity index (χ0) is 17.4. The lowest BCUT2D eigenvalue weighted by Gasteiger charge is -2.33. The highest BCUT2D eigenvalue weighted by Crippen LogP contribution is 2.28. The van der Waals surface area contributed by atoms with E-state index in [-0.39, 0.29) is 17.8 Å². The van der Waals surface area contributed by atoms with Crippen LogP contribution in [0.1, 0.15) is 42.2 Å². The minimum atomic E-state index is -0.240. The molecule has 25 heavy (non-hydrogen) atoms. The number of likely N-dealkylation sites (tertiary alicyclic amines) is 1. The molecule has 5 heteroatoms. The Kier molecular flexibility index (Phi) is 4.34. The summed E-state index contributed by atoms with van der Waals surface area (Å²) in [5.41, 5.74) is 2.80. The number of thiophene rings is 1. The summed E-state index contributed by atoms with van der Waals surface area (Å²) in [6, 6.07) is 10.9. The van der Waals surface area contributed by atoms with Gasteiger partial charge in [-0.2, -0.15) is 0 Å². The van der Waals surface area contributed by atoms with Crippen LogP contribution in [0.5, 0.6) is 0 Å². The van der Waals surface area contributed by atoms with E-state index in [9.17, 15) is 9.18 Å². The third-order valence-corrected chi connectivity index (χ3v) is 5.91. The predicted octanol–water partition coefficient (Wildman–Crippen LogP) is 4.90. The Labute approximate surface area is 150 Å². The zero-order valence-corrected chi connectivity index (χ0v) is 15.1. The Hall–Kier alpha value is -2.14. The van der Waals surface area contributed by atoms with E-state index in [0.29, 0.717) is 6.54 Å². The first-order valence-electron chi connectivity index (χ1n) is 8.75. The monoisotopic (exact) mass is 356 g/mol. The van der Waals surface area contributed by atoms with Crippen LogP contribution in [0.3, 0.4) is 0 Å². The predicted molar refractivity (Wildman–Crippen MR) is 99.7 cm³/mol. The minimum absolute atomic E-state index is 0.109. The van der Waals surface area contributed by atoms with Crippen LogP contribution in [0.25, 0.3) is 10.2 Å². The van der Waals surface area contributed by atoms with Gasteiger partial charge < -0.3 is 9.47 Å². The molecule has 3 heterocycles. The smallest absolute Gasteiger partial charge is 0.270 e. The second-order valence-corrected chi connectivity index (χ2v) is 7.70. The number of benzene rings is 1. The van der Waals surface area contributed by atoms with Crippen molar-refractivity contribution in [2.75, 3.05) is 6.54 Å². The Morgan fingerprint density at radius 2 is 2.04 bits per heavy atom. The van der Waals surface area contributed by atoms with Crippen molar-refractivity contribution in [1.29, 1.82) is 0 Å². The molecule has 1 aromatic carbocycles. The maximum Gasteiger partial charge on any atom is 0.270 e. The highest BCUT2D eigenvalue weighted by Gasteiger charge is 2.27. The van der Waals surface area contributed by atoms with E-state index in [1.54, 1.807) is 23.5 Å². The largest absolute Gasteiger partial charge is 0.335 e. The van der Waals surface area contributed by atoms with Gasteiger partial charge in [-0.05, 0) is 61.4 Å². The van der Waals surface area contributed by atoms with Crippen LogP contribution in [0.2, 0.25) is 0 Å². The fourth-order valence-corrected chi connectivity index (χ4v) is 4.47. The lowest BCUT2D eigenvalue weighted by molar-refractivity contribution is 0.0625. The standard InChI is InChI=1S/C20H21FN2OS/c1-14-4-2-3-10-22(14)20(24)18-12-19-17(9-11-25-19)23(18)13-15-5-7-16(21)8-6-15/h5-9,11-12,14H,2-4,10,13H2,1H3/t14-/m1/s1. The zero-order valence-electron chi connectivity index (χ0n) is 14.2. The van der Waals surface area contributed by atoms with E-state index in [2.05, 4.69) is 17.6 Å². The average Bonchev–Trinajstić information content (AvgIpc) is 3.19. The highest BCUT2D eigenvalue weighted by molar-refractivity contribution is 7.17. The number of amides is 1. The number of nitrogens with zero attached hydrogens (tertiary/aromatic N) is 2. The number of carbonyl (C=O) groups excluding carboxylic acids is 1. The summed E-state index contributed by atoms with van der Waals surface area (Å²) in [4.78, 5) is 15.2. The normalized spacial score (nSPS) is 18.0. The van der Waals surface area contributed by atoms with Gasteiger partial charge in [0.05, 0.1) is 10.2 Å². The lowest BCUT2D eigenvalue weighted by Crippen LogP contribution is -2.42. The van der Waals surface area contributed by atoms with E-state index >= 15 is 0 Å². The van der Waals surface area contributed by atoms with E-state index in [0.717, 1.165) is 40.9 Å². The van der Waals surface area contributed by atoms with Crippen molar-refractivity contribution in [3.05, 3.63) is 58.9 Å². The Morgan fingerprint density at radius 3 is 2.80 bits per heavy atom. The van der Waals surface area contributed by atoms with Gasteiger partial charge in [-0.25, -0.2) is 4.39 Å². The van der Waals surface area contributed by atoms with E-state index in [4.69, 9.17) is 0 Å². The lowest BCUT2D eigenvalue weighted by atomic mass is 10.0. The highest BCUT2D eigenvalue weighted by atomic mass is 32.1. The Bertz CT molecular complexity index is 896. The molecule has 0 saturated carbocycles. The summed E-state index contributed by atoms with van der Waals surface area (Å²) in [5, 5.41) is 2.05. The van der Waals surface area contributed by atoms with Gasteiger partial charge in [0.15, 0.2) is 0 Å². The molecule has 130 valence electrons. The third kappa shape index (κ3) is 3.09. The molecule has 0 aliphatic carbocycles. The molecule has 0 spiro atoms. The van der Waals surface area contributed by atoms with Gasteiger partial charge in [-0.1, -0.05) is 12.1 Å². The van der Waals surface area contributed by atoms with Crippen LogP contribution in [0.4, 0.5) is 4.39 Å². The molecule has 0 radical (unpaired) electrons. The summed E-state index contributed by atoms with van der Waals surface area (Å²) in [7, 11) is 0. The molecule has 1 amide bonds. The van der Waals surface area contributed by atoms with Gasteiger partial charge in [0.2, 0.25) is 0 Å². The maximum atomic E-state index is 13.2. The quantitative estimate of drug-likeness (QED) is 0.655. The number of rotatable bonds is 3. The first-order chi connectivity index (χ1) is 12.1. The van der Waals surface area contributed by atoms with Crippen LogP contribution < -0.4 is 0 Å². The molecule has 3 aromatic rings. The topological polar surface area (TPSA) is 25.2 Å². The van der Waals surface area contributed by atoms with Gasteiger partial charge in [-0.3, -0.25) is 4.79 Å². The number of fused-ring (bicyclic) bond motifs is 1. The van der Waals surface area contributed by atoms with Crippen molar-refractivity contribution in [2.45, 2.75) is 38.8 Å². The average molecular weight is 356 g/mol. The van der Waals surface area contributed by atoms with E-state index < -0.39 is 0 Å². The fourth-order valence-electron chi connectivity index (χ4n) is 3.64. The van der Waals surface area contributed by atoms with E-state index in [1.165, 1.54) is 18.6 Å². The van der Waals surface area contributed by atoms with Crippen LogP contribution in [-0.2, 0) is 6.54 Å². The molecule has 2 aromatic heterocycles. The van der Waals surface area contributed by atoms with E-state index in [1.807, 2.05) is 16.3 Å². The summed E-state index contributed by atoms with van der Waals surface area (Å²) < 4.78 is 16.4. The number of aromatic nitrogens is 1. The molecule has 1 fully saturated rings. The second kappa shape index (κ2) is 6.64. The summed E-state index contributed by atoms with van der Waals surface area (Å²) in [5.74, 6) is -0.131. The van der Waals surface area contributed by atoms with Gasteiger partial charge in [0.1, 0.15) is 11.5 Å². The van der Waals surface area contributed by atoms with Crippen molar-refractivity contribution in [3.63, 3.8) is 0 Å². The Morgan fingerprint density at radius 1 is 1.24 bits per heavy atom. The minimum Gasteiger partial charge on any atom is -0.335 e. The van der Waals surface area contributed by atoms with Crippen LogP contribution in [0.15, 0.2) is 41.8 Å². The van der Waals surface area contributed by atoms with Crippen molar-refractivity contribution in [3.8, 4) is 0 Å². The summed E-state index contributed by atoms with van der Waals surface area (Å²) >= 11 is 1.65. The second-order valence-electron chi connectivity index (χ2n) is 6.76. The molecule has 1 aliphatic heterocycles. The SMILES string of the molecule is C[C@@H]1CCCCN1C(=O)c1cc2sccc2n1Cc1ccc(F)cc1. The van der Waals surface area contributed by atoms with Gasteiger partial charge in [0.25, 0.3) is 5.91 Å².